The van der Waals surface area contributed by atoms with Crippen molar-refractivity contribution in [3.63, 3.8) is 0 Å². The normalized spacial score (nSPS) is 9.83. The second-order valence-electron chi connectivity index (χ2n) is 10.9. The summed E-state index contributed by atoms with van der Waals surface area (Å²) in [6, 6.07) is 67.9. The molecule has 232 valence electrons. The molecule has 0 saturated carbocycles. The van der Waals surface area contributed by atoms with Crippen LogP contribution in [0.5, 0.6) is 0 Å². The summed E-state index contributed by atoms with van der Waals surface area (Å²) in [5.41, 5.74) is 0. The van der Waals surface area contributed by atoms with Crippen LogP contribution in [0.2, 0.25) is 0 Å². The van der Waals surface area contributed by atoms with E-state index in [-0.39, 0.29) is 77.2 Å². The van der Waals surface area contributed by atoms with Gasteiger partial charge in [0.25, 0.3) is 0 Å². The molecule has 10 rings (SSSR count). The van der Waals surface area contributed by atoms with Crippen molar-refractivity contribution in [2.45, 2.75) is 0 Å². The van der Waals surface area contributed by atoms with Crippen molar-refractivity contribution >= 4 is 64.6 Å². The van der Waals surface area contributed by atoms with E-state index in [4.69, 9.17) is 0 Å². The SMILES string of the molecule is [Cl-].[Cl-].[Zr+2].[Zr+2].c1ccc2[cH-]ccc2c1.c1ccc2[cH-]ccc2c1.c1ccc2c(c1)[cH-]c1ccccc12.c1ccc2c(c1)[cH-]c1ccccc12. The van der Waals surface area contributed by atoms with Crippen molar-refractivity contribution in [2.75, 3.05) is 0 Å². The summed E-state index contributed by atoms with van der Waals surface area (Å²) in [6.07, 6.45) is 0. The second-order valence-corrected chi connectivity index (χ2v) is 10.9. The Labute approximate surface area is 332 Å². The Hall–Kier alpha value is -3.37. The van der Waals surface area contributed by atoms with E-state index in [0.29, 0.717) is 0 Å². The first kappa shape index (κ1) is 39.1. The zero-order valence-corrected chi connectivity index (χ0v) is 32.7. The maximum atomic E-state index is 2.24. The van der Waals surface area contributed by atoms with Gasteiger partial charge in [-0.3, -0.25) is 0 Å². The number of hydrogen-bond acceptors (Lipinski definition) is 0. The van der Waals surface area contributed by atoms with Crippen molar-refractivity contribution in [3.8, 4) is 0 Å². The fourth-order valence-corrected chi connectivity index (χ4v) is 5.95. The smallest absolute Gasteiger partial charge is 1.00 e. The van der Waals surface area contributed by atoms with Crippen LogP contribution in [-0.2, 0) is 52.4 Å². The molecule has 4 heteroatoms. The number of fused-ring (bicyclic) bond motifs is 8. The van der Waals surface area contributed by atoms with Gasteiger partial charge in [0.1, 0.15) is 0 Å². The van der Waals surface area contributed by atoms with Crippen LogP contribution in [0, 0.1) is 0 Å². The molecule has 0 nitrogen and oxygen atoms in total. The molecule has 0 aliphatic heterocycles. The summed E-state index contributed by atoms with van der Waals surface area (Å²) in [6.45, 7) is 0. The van der Waals surface area contributed by atoms with Crippen LogP contribution >= 0.6 is 0 Å². The Balaban J connectivity index is 0.000000171. The van der Waals surface area contributed by atoms with E-state index in [1.54, 1.807) is 0 Å². The molecule has 0 spiro atoms. The minimum atomic E-state index is 0. The van der Waals surface area contributed by atoms with Crippen molar-refractivity contribution in [1.82, 2.24) is 0 Å². The second kappa shape index (κ2) is 19.0. The van der Waals surface area contributed by atoms with Gasteiger partial charge in [0.15, 0.2) is 0 Å². The van der Waals surface area contributed by atoms with Crippen LogP contribution < -0.4 is 24.8 Å². The predicted octanol–water partition coefficient (Wildman–Crippen LogP) is 6.54. The Morgan fingerprint density at radius 3 is 0.812 bits per heavy atom. The molecule has 10 aromatic carbocycles. The van der Waals surface area contributed by atoms with Crippen molar-refractivity contribution in [1.29, 1.82) is 0 Å². The van der Waals surface area contributed by atoms with Gasteiger partial charge in [-0.25, -0.2) is 0 Å². The van der Waals surface area contributed by atoms with Gasteiger partial charge in [0, 0.05) is 0 Å². The molecule has 0 radical (unpaired) electrons. The van der Waals surface area contributed by atoms with Gasteiger partial charge in [0.2, 0.25) is 0 Å². The first-order valence-corrected chi connectivity index (χ1v) is 15.1. The molecule has 0 atom stereocenters. The van der Waals surface area contributed by atoms with Crippen LogP contribution in [0.25, 0.3) is 64.6 Å². The molecule has 0 aliphatic rings. The van der Waals surface area contributed by atoms with E-state index in [0.717, 1.165) is 0 Å². The molecule has 10 aromatic rings. The minimum absolute atomic E-state index is 0. The Morgan fingerprint density at radius 2 is 0.521 bits per heavy atom. The zero-order valence-electron chi connectivity index (χ0n) is 26.2. The molecule has 0 aliphatic carbocycles. The fraction of sp³-hybridized carbons (Fsp3) is 0. The van der Waals surface area contributed by atoms with E-state index >= 15 is 0 Å². The van der Waals surface area contributed by atoms with Crippen LogP contribution in [0.15, 0.2) is 194 Å². The van der Waals surface area contributed by atoms with Gasteiger partial charge in [-0.05, 0) is 0 Å². The van der Waals surface area contributed by atoms with E-state index in [1.165, 1.54) is 64.6 Å². The van der Waals surface area contributed by atoms with Gasteiger partial charge in [-0.1, -0.05) is 84.9 Å². The summed E-state index contributed by atoms with van der Waals surface area (Å²) in [5.74, 6) is 0. The predicted molar refractivity (Wildman–Crippen MR) is 193 cm³/mol. The van der Waals surface area contributed by atoms with Gasteiger partial charge >= 0.3 is 52.4 Å². The number of hydrogen-bond donors (Lipinski definition) is 0. The maximum Gasteiger partial charge on any atom is 2.00 e. The molecular formula is C44H32Cl2Zr2-2. The Kier molecular flexibility index (Phi) is 15.4. The van der Waals surface area contributed by atoms with Gasteiger partial charge < -0.3 is 24.8 Å². The van der Waals surface area contributed by atoms with Gasteiger partial charge in [0.05, 0.1) is 0 Å². The Bertz CT molecular complexity index is 2090. The summed E-state index contributed by atoms with van der Waals surface area (Å²) in [4.78, 5) is 0. The van der Waals surface area contributed by atoms with E-state index in [1.807, 2.05) is 0 Å². The van der Waals surface area contributed by atoms with Gasteiger partial charge in [-0.15, -0.1) is 139 Å². The monoisotopic (exact) mass is 810 g/mol. The first-order valence-electron chi connectivity index (χ1n) is 15.1. The van der Waals surface area contributed by atoms with Crippen molar-refractivity contribution in [3.05, 3.63) is 194 Å². The molecule has 0 fully saturated rings. The van der Waals surface area contributed by atoms with E-state index in [2.05, 4.69) is 194 Å². The third kappa shape index (κ3) is 8.99. The molecule has 0 heterocycles. The quantitative estimate of drug-likeness (QED) is 0.153. The van der Waals surface area contributed by atoms with Crippen LogP contribution in [-0.4, -0.2) is 0 Å². The molecular weight excluding hydrogens is 782 g/mol. The van der Waals surface area contributed by atoms with Crippen LogP contribution in [0.1, 0.15) is 0 Å². The molecule has 0 bridgehead atoms. The third-order valence-corrected chi connectivity index (χ3v) is 8.14. The number of halogens is 2. The number of rotatable bonds is 0. The molecule has 48 heavy (non-hydrogen) atoms. The molecule has 0 saturated heterocycles. The van der Waals surface area contributed by atoms with Crippen molar-refractivity contribution in [2.24, 2.45) is 0 Å². The first-order chi connectivity index (χ1) is 21.8. The molecule has 0 aromatic heterocycles. The summed E-state index contributed by atoms with van der Waals surface area (Å²) >= 11 is 0. The molecule has 0 N–H and O–H groups in total. The standard InChI is InChI=1S/2C13H9.2C9H7.2ClH.2Zr/c2*1-3-7-12-10(5-1)9-11-6-2-4-8-13(11)12;2*1-2-5-9-7-3-6-8(9)4-1;;;;/h2*1-9H;2*1-7H;2*1H;;/q4*-1;;;2*+2/p-2. The zero-order chi connectivity index (χ0) is 29.6. The minimum Gasteiger partial charge on any atom is -1.00 e. The molecule has 0 unspecified atom stereocenters. The van der Waals surface area contributed by atoms with Crippen molar-refractivity contribution < 1.29 is 77.2 Å². The summed E-state index contributed by atoms with van der Waals surface area (Å²) < 4.78 is 0. The topological polar surface area (TPSA) is 0 Å². The van der Waals surface area contributed by atoms with E-state index in [9.17, 15) is 0 Å². The van der Waals surface area contributed by atoms with Crippen LogP contribution in [0.4, 0.5) is 0 Å². The average Bonchev–Trinajstić information content (AvgIpc) is 3.90. The fourth-order valence-electron chi connectivity index (χ4n) is 5.95. The maximum absolute atomic E-state index is 2.24. The summed E-state index contributed by atoms with van der Waals surface area (Å²) in [7, 11) is 0. The largest absolute Gasteiger partial charge is 2.00 e. The molecule has 0 amide bonds. The number of benzene rings is 6. The summed E-state index contributed by atoms with van der Waals surface area (Å²) in [5, 5.41) is 16.1. The Morgan fingerprint density at radius 1 is 0.271 bits per heavy atom. The third-order valence-electron chi connectivity index (χ3n) is 8.14. The average molecular weight is 814 g/mol. The van der Waals surface area contributed by atoms with Crippen LogP contribution in [0.3, 0.4) is 0 Å². The van der Waals surface area contributed by atoms with E-state index < -0.39 is 0 Å². The van der Waals surface area contributed by atoms with Gasteiger partial charge in [-0.2, -0.15) is 35.0 Å².